The summed E-state index contributed by atoms with van der Waals surface area (Å²) in [5.41, 5.74) is 0.439. The van der Waals surface area contributed by atoms with Crippen LogP contribution < -0.4 is 9.64 Å². The number of aliphatic hydroxyl groups is 1. The van der Waals surface area contributed by atoms with E-state index >= 15 is 0 Å². The SMILES string of the molecule is COc1ccc(N2C(=O)C(O)=C(C(C)=O)C2c2ccccc2F)cc1. The number of rotatable bonds is 4. The number of amides is 1. The van der Waals surface area contributed by atoms with Crippen LogP contribution >= 0.6 is 0 Å². The van der Waals surface area contributed by atoms with E-state index in [0.29, 0.717) is 11.4 Å². The maximum atomic E-state index is 14.4. The lowest BCUT2D eigenvalue weighted by Crippen LogP contribution is -2.31. The van der Waals surface area contributed by atoms with Gasteiger partial charge in [-0.25, -0.2) is 4.39 Å². The van der Waals surface area contributed by atoms with Gasteiger partial charge in [0.05, 0.1) is 18.7 Å². The van der Waals surface area contributed by atoms with Crippen molar-refractivity contribution in [2.24, 2.45) is 0 Å². The fourth-order valence-corrected chi connectivity index (χ4v) is 2.97. The van der Waals surface area contributed by atoms with Crippen molar-refractivity contribution in [2.45, 2.75) is 13.0 Å². The maximum absolute atomic E-state index is 14.4. The van der Waals surface area contributed by atoms with Crippen molar-refractivity contribution in [3.63, 3.8) is 0 Å². The van der Waals surface area contributed by atoms with Crippen LogP contribution in [-0.2, 0) is 9.59 Å². The van der Waals surface area contributed by atoms with E-state index in [2.05, 4.69) is 0 Å². The molecule has 1 N–H and O–H groups in total. The fourth-order valence-electron chi connectivity index (χ4n) is 2.97. The summed E-state index contributed by atoms with van der Waals surface area (Å²) in [5, 5.41) is 10.2. The van der Waals surface area contributed by atoms with Gasteiger partial charge in [-0.1, -0.05) is 18.2 Å². The molecule has 1 unspecified atom stereocenters. The van der Waals surface area contributed by atoms with Crippen LogP contribution in [0.3, 0.4) is 0 Å². The highest BCUT2D eigenvalue weighted by atomic mass is 19.1. The molecule has 1 amide bonds. The van der Waals surface area contributed by atoms with Gasteiger partial charge in [0.2, 0.25) is 0 Å². The maximum Gasteiger partial charge on any atom is 0.294 e. The molecule has 0 radical (unpaired) electrons. The van der Waals surface area contributed by atoms with Crippen molar-refractivity contribution in [1.29, 1.82) is 0 Å². The molecule has 5 nitrogen and oxygen atoms in total. The first-order valence-electron chi connectivity index (χ1n) is 7.61. The second-order valence-corrected chi connectivity index (χ2v) is 5.62. The number of ether oxygens (including phenoxy) is 1. The Morgan fingerprint density at radius 1 is 1.16 bits per heavy atom. The molecular weight excluding hydrogens is 325 g/mol. The lowest BCUT2D eigenvalue weighted by Gasteiger charge is -2.27. The Balaban J connectivity index is 2.17. The van der Waals surface area contributed by atoms with Crippen molar-refractivity contribution in [1.82, 2.24) is 0 Å². The minimum Gasteiger partial charge on any atom is -0.503 e. The van der Waals surface area contributed by atoms with Gasteiger partial charge in [0.15, 0.2) is 11.5 Å². The topological polar surface area (TPSA) is 66.8 Å². The molecule has 0 aliphatic carbocycles. The van der Waals surface area contributed by atoms with Crippen molar-refractivity contribution in [2.75, 3.05) is 12.0 Å². The Labute approximate surface area is 144 Å². The predicted octanol–water partition coefficient (Wildman–Crippen LogP) is 3.32. The molecule has 0 bridgehead atoms. The fraction of sp³-hybridized carbons (Fsp3) is 0.158. The normalized spacial score (nSPS) is 17.2. The molecular formula is C19H16FNO4. The number of ketones is 1. The molecule has 2 aromatic rings. The second-order valence-electron chi connectivity index (χ2n) is 5.62. The smallest absolute Gasteiger partial charge is 0.294 e. The molecule has 128 valence electrons. The van der Waals surface area contributed by atoms with E-state index in [1.54, 1.807) is 30.3 Å². The molecule has 2 aromatic carbocycles. The summed E-state index contributed by atoms with van der Waals surface area (Å²) in [6.07, 6.45) is 0. The molecule has 1 heterocycles. The minimum absolute atomic E-state index is 0.120. The number of Topliss-reactive ketones (excluding diaryl/α,β-unsaturated/α-hetero) is 1. The summed E-state index contributed by atoms with van der Waals surface area (Å²) in [6, 6.07) is 11.4. The molecule has 1 aliphatic heterocycles. The van der Waals surface area contributed by atoms with Gasteiger partial charge in [-0.05, 0) is 37.3 Å². The number of nitrogens with zero attached hydrogens (tertiary/aromatic N) is 1. The van der Waals surface area contributed by atoms with E-state index in [1.165, 1.54) is 37.1 Å². The average Bonchev–Trinajstić information content (AvgIpc) is 2.87. The number of carbonyl (C=O) groups excluding carboxylic acids is 2. The minimum atomic E-state index is -1.03. The summed E-state index contributed by atoms with van der Waals surface area (Å²) in [6.45, 7) is 1.24. The molecule has 6 heteroatoms. The highest BCUT2D eigenvalue weighted by molar-refractivity contribution is 6.16. The molecule has 0 aromatic heterocycles. The number of carbonyl (C=O) groups is 2. The Bertz CT molecular complexity index is 873. The van der Waals surface area contributed by atoms with E-state index in [9.17, 15) is 19.1 Å². The van der Waals surface area contributed by atoms with Crippen LogP contribution in [0.5, 0.6) is 5.75 Å². The molecule has 3 rings (SSSR count). The summed E-state index contributed by atoms with van der Waals surface area (Å²) in [4.78, 5) is 25.8. The van der Waals surface area contributed by atoms with Crippen molar-refractivity contribution in [3.05, 3.63) is 71.2 Å². The molecule has 0 fully saturated rings. The van der Waals surface area contributed by atoms with Crippen molar-refractivity contribution < 1.29 is 23.8 Å². The number of anilines is 1. The van der Waals surface area contributed by atoms with Gasteiger partial charge in [-0.15, -0.1) is 0 Å². The van der Waals surface area contributed by atoms with Crippen LogP contribution in [0.2, 0.25) is 0 Å². The van der Waals surface area contributed by atoms with Gasteiger partial charge in [-0.3, -0.25) is 14.5 Å². The number of benzene rings is 2. The standard InChI is InChI=1S/C19H16FNO4/c1-11(22)16-17(14-5-3-4-6-15(14)20)21(19(24)18(16)23)12-7-9-13(25-2)10-8-12/h3-10,17,23H,1-2H3. The molecule has 25 heavy (non-hydrogen) atoms. The summed E-state index contributed by atoms with van der Waals surface area (Å²) < 4.78 is 19.5. The number of halogens is 1. The largest absolute Gasteiger partial charge is 0.503 e. The van der Waals surface area contributed by atoms with Gasteiger partial charge in [-0.2, -0.15) is 0 Å². The second kappa shape index (κ2) is 6.39. The quantitative estimate of drug-likeness (QED) is 0.926. The van der Waals surface area contributed by atoms with E-state index < -0.39 is 29.3 Å². The van der Waals surface area contributed by atoms with E-state index in [-0.39, 0.29) is 11.1 Å². The first-order valence-corrected chi connectivity index (χ1v) is 7.61. The predicted molar refractivity (Wildman–Crippen MR) is 90.0 cm³/mol. The Morgan fingerprint density at radius 3 is 2.36 bits per heavy atom. The highest BCUT2D eigenvalue weighted by Crippen LogP contribution is 2.41. The Hall–Kier alpha value is -3.15. The van der Waals surface area contributed by atoms with Crippen LogP contribution in [0.4, 0.5) is 10.1 Å². The third kappa shape index (κ3) is 2.76. The Kier molecular flexibility index (Phi) is 4.27. The van der Waals surface area contributed by atoms with Crippen LogP contribution in [-0.4, -0.2) is 23.9 Å². The van der Waals surface area contributed by atoms with E-state index in [4.69, 9.17) is 4.74 Å². The summed E-state index contributed by atoms with van der Waals surface area (Å²) in [7, 11) is 1.51. The molecule has 0 saturated carbocycles. The number of methoxy groups -OCH3 is 1. The van der Waals surface area contributed by atoms with Crippen LogP contribution in [0, 0.1) is 5.82 Å². The monoisotopic (exact) mass is 341 g/mol. The van der Waals surface area contributed by atoms with Crippen LogP contribution in [0.15, 0.2) is 59.9 Å². The molecule has 0 spiro atoms. The van der Waals surface area contributed by atoms with Gasteiger partial charge in [0.1, 0.15) is 11.6 Å². The first kappa shape index (κ1) is 16.7. The van der Waals surface area contributed by atoms with Crippen molar-refractivity contribution in [3.8, 4) is 5.75 Å². The zero-order valence-corrected chi connectivity index (χ0v) is 13.7. The summed E-state index contributed by atoms with van der Waals surface area (Å²) in [5.74, 6) is -1.87. The lowest BCUT2D eigenvalue weighted by atomic mass is 9.96. The average molecular weight is 341 g/mol. The number of hydrogen-bond acceptors (Lipinski definition) is 4. The highest BCUT2D eigenvalue weighted by Gasteiger charge is 2.44. The van der Waals surface area contributed by atoms with E-state index in [1.807, 2.05) is 0 Å². The number of hydrogen-bond donors (Lipinski definition) is 1. The Morgan fingerprint density at radius 2 is 1.80 bits per heavy atom. The van der Waals surface area contributed by atoms with Gasteiger partial charge in [0.25, 0.3) is 5.91 Å². The molecule has 0 saturated heterocycles. The first-order chi connectivity index (χ1) is 12.0. The third-order valence-electron chi connectivity index (χ3n) is 4.14. The van der Waals surface area contributed by atoms with Gasteiger partial charge < -0.3 is 9.84 Å². The van der Waals surface area contributed by atoms with Gasteiger partial charge in [0, 0.05) is 11.3 Å². The van der Waals surface area contributed by atoms with E-state index in [0.717, 1.165) is 0 Å². The summed E-state index contributed by atoms with van der Waals surface area (Å²) >= 11 is 0. The zero-order valence-electron chi connectivity index (χ0n) is 13.7. The molecule has 1 aliphatic rings. The molecule has 1 atom stereocenters. The zero-order chi connectivity index (χ0) is 18.1. The van der Waals surface area contributed by atoms with Gasteiger partial charge >= 0.3 is 0 Å². The van der Waals surface area contributed by atoms with Crippen LogP contribution in [0.1, 0.15) is 18.5 Å². The number of aliphatic hydroxyl groups excluding tert-OH is 1. The lowest BCUT2D eigenvalue weighted by molar-refractivity contribution is -0.117. The van der Waals surface area contributed by atoms with Crippen LogP contribution in [0.25, 0.3) is 0 Å². The van der Waals surface area contributed by atoms with Crippen molar-refractivity contribution >= 4 is 17.4 Å². The third-order valence-corrected chi connectivity index (χ3v) is 4.14.